The molecule has 3 N–H and O–H groups in total. The van der Waals surface area contributed by atoms with Gasteiger partial charge in [0.05, 0.1) is 0 Å². The van der Waals surface area contributed by atoms with E-state index in [0.29, 0.717) is 6.42 Å². The van der Waals surface area contributed by atoms with Gasteiger partial charge >= 0.3 is 9.05 Å². The molecule has 0 rings (SSSR count). The highest BCUT2D eigenvalue weighted by molar-refractivity contribution is 6.50. The van der Waals surface area contributed by atoms with E-state index in [0.717, 1.165) is 12.8 Å². The molecule has 5 nitrogen and oxygen atoms in total. The van der Waals surface area contributed by atoms with Crippen LogP contribution in [0.3, 0.4) is 0 Å². The molecule has 0 aliphatic heterocycles. The minimum Gasteiger partial charge on any atom is -0.452 e. The zero-order valence-electron chi connectivity index (χ0n) is 15.5. The molecular formula is C18H38O5Si. The predicted molar refractivity (Wildman–Crippen MR) is 98.0 cm³/mol. The fraction of sp³-hybridized carbons (Fsp3) is 0.944. The van der Waals surface area contributed by atoms with Crippen molar-refractivity contribution in [3.8, 4) is 0 Å². The highest BCUT2D eigenvalue weighted by Gasteiger charge is 2.35. The van der Waals surface area contributed by atoms with Crippen molar-refractivity contribution in [3.05, 3.63) is 0 Å². The first kappa shape index (κ1) is 23.6. The standard InChI is InChI=1S/C18H38O5Si/c1-2-3-4-5-6-7-8-9-10-11-12-13-14-15-16-17-18(19)23-24(20,21)22/h20-22H,2-17H2,1H3. The van der Waals surface area contributed by atoms with Crippen LogP contribution in [-0.4, -0.2) is 29.4 Å². The summed E-state index contributed by atoms with van der Waals surface area (Å²) in [6.45, 7) is 2.25. The first-order valence-electron chi connectivity index (χ1n) is 9.84. The Bertz CT molecular complexity index is 292. The molecule has 0 aliphatic carbocycles. The van der Waals surface area contributed by atoms with E-state index < -0.39 is 15.0 Å². The van der Waals surface area contributed by atoms with Crippen molar-refractivity contribution in [1.82, 2.24) is 0 Å². The van der Waals surface area contributed by atoms with Crippen LogP contribution in [0.1, 0.15) is 110 Å². The number of unbranched alkanes of at least 4 members (excludes halogenated alkanes) is 14. The van der Waals surface area contributed by atoms with Crippen molar-refractivity contribution in [3.63, 3.8) is 0 Å². The molecule has 0 aromatic carbocycles. The molecule has 0 fully saturated rings. The Morgan fingerprint density at radius 1 is 0.667 bits per heavy atom. The van der Waals surface area contributed by atoms with Gasteiger partial charge in [-0.25, -0.2) is 0 Å². The average Bonchev–Trinajstić information content (AvgIpc) is 2.49. The van der Waals surface area contributed by atoms with Gasteiger partial charge in [-0.2, -0.15) is 0 Å². The van der Waals surface area contributed by atoms with Gasteiger partial charge in [0.2, 0.25) is 0 Å². The Hall–Kier alpha value is -0.433. The summed E-state index contributed by atoms with van der Waals surface area (Å²) in [6, 6.07) is 0. The molecule has 0 saturated carbocycles. The quantitative estimate of drug-likeness (QED) is 0.266. The first-order valence-corrected chi connectivity index (χ1v) is 11.6. The Morgan fingerprint density at radius 2 is 1.00 bits per heavy atom. The second-order valence-electron chi connectivity index (χ2n) is 6.75. The van der Waals surface area contributed by atoms with Crippen LogP contribution in [0.5, 0.6) is 0 Å². The number of carbonyl (C=O) groups is 1. The molecule has 0 radical (unpaired) electrons. The zero-order valence-corrected chi connectivity index (χ0v) is 16.5. The maximum atomic E-state index is 11.1. The molecular weight excluding hydrogens is 324 g/mol. The molecule has 0 atom stereocenters. The summed E-state index contributed by atoms with van der Waals surface area (Å²) in [5.74, 6) is -0.733. The highest BCUT2D eigenvalue weighted by Crippen LogP contribution is 2.13. The Balaban J connectivity index is 3.14. The Morgan fingerprint density at radius 3 is 1.33 bits per heavy atom. The number of carbonyl (C=O) groups excluding carboxylic acids is 1. The number of hydrogen-bond acceptors (Lipinski definition) is 5. The molecule has 0 amide bonds. The molecule has 0 heterocycles. The fourth-order valence-electron chi connectivity index (χ4n) is 2.84. The molecule has 0 saturated heterocycles. The molecule has 0 aliphatic rings. The van der Waals surface area contributed by atoms with Gasteiger partial charge in [-0.15, -0.1) is 0 Å². The monoisotopic (exact) mass is 362 g/mol. The normalized spacial score (nSPS) is 11.7. The van der Waals surface area contributed by atoms with Crippen LogP contribution in [0.25, 0.3) is 0 Å². The Kier molecular flexibility index (Phi) is 15.8. The van der Waals surface area contributed by atoms with Gasteiger partial charge in [-0.1, -0.05) is 96.8 Å². The fourth-order valence-corrected chi connectivity index (χ4v) is 3.25. The van der Waals surface area contributed by atoms with Gasteiger partial charge in [-0.05, 0) is 6.42 Å². The number of rotatable bonds is 17. The molecule has 24 heavy (non-hydrogen) atoms. The van der Waals surface area contributed by atoms with Crippen LogP contribution in [0, 0.1) is 0 Å². The largest absolute Gasteiger partial charge is 0.743 e. The van der Waals surface area contributed by atoms with Crippen LogP contribution >= 0.6 is 0 Å². The van der Waals surface area contributed by atoms with E-state index in [1.54, 1.807) is 0 Å². The minimum absolute atomic E-state index is 0.134. The lowest BCUT2D eigenvalue weighted by molar-refractivity contribution is -0.140. The van der Waals surface area contributed by atoms with Crippen molar-refractivity contribution in [2.75, 3.05) is 0 Å². The lowest BCUT2D eigenvalue weighted by Crippen LogP contribution is -2.41. The van der Waals surface area contributed by atoms with Crippen molar-refractivity contribution in [2.45, 2.75) is 110 Å². The van der Waals surface area contributed by atoms with Crippen molar-refractivity contribution in [2.24, 2.45) is 0 Å². The van der Waals surface area contributed by atoms with Crippen molar-refractivity contribution < 1.29 is 23.6 Å². The molecule has 0 unspecified atom stereocenters. The van der Waals surface area contributed by atoms with Crippen LogP contribution in [-0.2, 0) is 9.22 Å². The predicted octanol–water partition coefficient (Wildman–Crippen LogP) is 4.20. The van der Waals surface area contributed by atoms with Crippen LogP contribution in [0.15, 0.2) is 0 Å². The topological polar surface area (TPSA) is 87.0 Å². The maximum Gasteiger partial charge on any atom is 0.743 e. The van der Waals surface area contributed by atoms with E-state index >= 15 is 0 Å². The van der Waals surface area contributed by atoms with Gasteiger partial charge in [0.25, 0.3) is 5.97 Å². The lowest BCUT2D eigenvalue weighted by Gasteiger charge is -2.09. The minimum atomic E-state index is -4.68. The average molecular weight is 363 g/mol. The maximum absolute atomic E-state index is 11.1. The van der Waals surface area contributed by atoms with Gasteiger partial charge in [0.1, 0.15) is 0 Å². The van der Waals surface area contributed by atoms with Gasteiger partial charge in [-0.3, -0.25) is 4.79 Å². The third-order valence-electron chi connectivity index (χ3n) is 4.24. The third kappa shape index (κ3) is 19.6. The summed E-state index contributed by atoms with van der Waals surface area (Å²) in [5, 5.41) is 0. The molecule has 0 aromatic heterocycles. The lowest BCUT2D eigenvalue weighted by atomic mass is 10.0. The smallest absolute Gasteiger partial charge is 0.452 e. The first-order chi connectivity index (χ1) is 11.5. The number of hydrogen-bond donors (Lipinski definition) is 3. The van der Waals surface area contributed by atoms with E-state index in [1.807, 2.05) is 0 Å². The van der Waals surface area contributed by atoms with Gasteiger partial charge < -0.3 is 18.8 Å². The second kappa shape index (κ2) is 16.1. The summed E-state index contributed by atoms with van der Waals surface area (Å²) < 4.78 is 4.12. The second-order valence-corrected chi connectivity index (χ2v) is 8.10. The summed E-state index contributed by atoms with van der Waals surface area (Å²) in [7, 11) is -4.68. The molecule has 0 aromatic rings. The van der Waals surface area contributed by atoms with E-state index in [9.17, 15) is 4.79 Å². The van der Waals surface area contributed by atoms with Crippen LogP contribution < -0.4 is 0 Å². The summed E-state index contributed by atoms with van der Waals surface area (Å²) >= 11 is 0. The van der Waals surface area contributed by atoms with E-state index in [4.69, 9.17) is 14.4 Å². The van der Waals surface area contributed by atoms with Crippen molar-refractivity contribution >= 4 is 15.0 Å². The summed E-state index contributed by atoms with van der Waals surface area (Å²) in [6.07, 6.45) is 18.9. The zero-order chi connectivity index (χ0) is 18.1. The Labute approximate surface area is 148 Å². The molecule has 6 heteroatoms. The van der Waals surface area contributed by atoms with E-state index in [1.165, 1.54) is 77.0 Å². The van der Waals surface area contributed by atoms with Gasteiger partial charge in [0, 0.05) is 6.42 Å². The van der Waals surface area contributed by atoms with E-state index in [2.05, 4.69) is 11.3 Å². The third-order valence-corrected chi connectivity index (χ3v) is 4.74. The summed E-state index contributed by atoms with van der Waals surface area (Å²) in [5.41, 5.74) is 0. The van der Waals surface area contributed by atoms with Crippen molar-refractivity contribution in [1.29, 1.82) is 0 Å². The van der Waals surface area contributed by atoms with E-state index in [-0.39, 0.29) is 6.42 Å². The molecule has 0 spiro atoms. The molecule has 0 bridgehead atoms. The highest BCUT2D eigenvalue weighted by atomic mass is 28.4. The molecule has 144 valence electrons. The SMILES string of the molecule is CCCCCCCCCCCCCCCCCC(=O)O[Si](O)(O)O. The summed E-state index contributed by atoms with van der Waals surface area (Å²) in [4.78, 5) is 37.0. The van der Waals surface area contributed by atoms with Crippen LogP contribution in [0.2, 0.25) is 0 Å². The van der Waals surface area contributed by atoms with Crippen LogP contribution in [0.4, 0.5) is 0 Å². The van der Waals surface area contributed by atoms with Gasteiger partial charge in [0.15, 0.2) is 0 Å².